The number of methoxy groups -OCH3 is 1. The molecule has 0 spiro atoms. The van der Waals surface area contributed by atoms with Gasteiger partial charge in [0, 0.05) is 31.3 Å². The van der Waals surface area contributed by atoms with Gasteiger partial charge in [0.2, 0.25) is 0 Å². The van der Waals surface area contributed by atoms with Gasteiger partial charge in [-0.1, -0.05) is 32.0 Å². The van der Waals surface area contributed by atoms with E-state index >= 15 is 0 Å². The molecule has 2 aromatic rings. The second-order valence-corrected chi connectivity index (χ2v) is 5.76. The SMILES string of the molecule is CCCNC(CC(C)COC)c1ccc2cccnc2c1. The van der Waals surface area contributed by atoms with Crippen LogP contribution in [-0.4, -0.2) is 25.2 Å². The lowest BCUT2D eigenvalue weighted by atomic mass is 9.95. The Morgan fingerprint density at radius 3 is 2.90 bits per heavy atom. The zero-order valence-corrected chi connectivity index (χ0v) is 13.3. The second-order valence-electron chi connectivity index (χ2n) is 5.76. The number of nitrogens with zero attached hydrogens (tertiary/aromatic N) is 1. The number of fused-ring (bicyclic) bond motifs is 1. The Morgan fingerprint density at radius 2 is 2.14 bits per heavy atom. The van der Waals surface area contributed by atoms with E-state index in [2.05, 4.69) is 48.4 Å². The van der Waals surface area contributed by atoms with Crippen molar-refractivity contribution in [1.29, 1.82) is 0 Å². The largest absolute Gasteiger partial charge is 0.384 e. The molecule has 1 N–H and O–H groups in total. The Hall–Kier alpha value is -1.45. The van der Waals surface area contributed by atoms with Gasteiger partial charge in [-0.3, -0.25) is 4.98 Å². The van der Waals surface area contributed by atoms with E-state index in [4.69, 9.17) is 4.74 Å². The average molecular weight is 286 g/mol. The second kappa shape index (κ2) is 8.11. The summed E-state index contributed by atoms with van der Waals surface area (Å²) in [4.78, 5) is 4.47. The van der Waals surface area contributed by atoms with Gasteiger partial charge < -0.3 is 10.1 Å². The Kier molecular flexibility index (Phi) is 6.15. The number of hydrogen-bond acceptors (Lipinski definition) is 3. The molecule has 2 unspecified atom stereocenters. The molecule has 0 saturated heterocycles. The van der Waals surface area contributed by atoms with Crippen LogP contribution in [0.4, 0.5) is 0 Å². The minimum absolute atomic E-state index is 0.363. The summed E-state index contributed by atoms with van der Waals surface area (Å²) < 4.78 is 5.27. The summed E-state index contributed by atoms with van der Waals surface area (Å²) in [5.74, 6) is 0.531. The van der Waals surface area contributed by atoms with Gasteiger partial charge in [0.15, 0.2) is 0 Å². The molecule has 3 nitrogen and oxygen atoms in total. The van der Waals surface area contributed by atoms with E-state index in [-0.39, 0.29) is 0 Å². The van der Waals surface area contributed by atoms with Gasteiger partial charge in [0.1, 0.15) is 0 Å². The van der Waals surface area contributed by atoms with E-state index in [1.54, 1.807) is 7.11 Å². The summed E-state index contributed by atoms with van der Waals surface area (Å²) in [5.41, 5.74) is 2.38. The topological polar surface area (TPSA) is 34.1 Å². The number of aromatic nitrogens is 1. The quantitative estimate of drug-likeness (QED) is 0.798. The summed E-state index contributed by atoms with van der Waals surface area (Å²) in [5, 5.41) is 4.85. The van der Waals surface area contributed by atoms with Crippen LogP contribution in [0.25, 0.3) is 10.9 Å². The summed E-state index contributed by atoms with van der Waals surface area (Å²) in [6.45, 7) is 6.27. The summed E-state index contributed by atoms with van der Waals surface area (Å²) in [6.07, 6.45) is 4.07. The van der Waals surface area contributed by atoms with Crippen LogP contribution < -0.4 is 5.32 Å². The molecule has 0 aliphatic rings. The maximum Gasteiger partial charge on any atom is 0.0705 e. The van der Waals surface area contributed by atoms with Crippen LogP contribution in [0.2, 0.25) is 0 Å². The summed E-state index contributed by atoms with van der Waals surface area (Å²) in [6, 6.07) is 11.0. The van der Waals surface area contributed by atoms with Gasteiger partial charge in [0.05, 0.1) is 5.52 Å². The minimum Gasteiger partial charge on any atom is -0.384 e. The molecule has 114 valence electrons. The Labute approximate surface area is 127 Å². The molecule has 0 fully saturated rings. The first-order valence-electron chi connectivity index (χ1n) is 7.81. The lowest BCUT2D eigenvalue weighted by Crippen LogP contribution is -2.25. The predicted molar refractivity (Wildman–Crippen MR) is 88.4 cm³/mol. The molecule has 0 saturated carbocycles. The monoisotopic (exact) mass is 286 g/mol. The first kappa shape index (κ1) is 15.9. The third-order valence-electron chi connectivity index (χ3n) is 3.76. The molecular formula is C18H26N2O. The van der Waals surface area contributed by atoms with Crippen molar-refractivity contribution >= 4 is 10.9 Å². The van der Waals surface area contributed by atoms with Crippen molar-refractivity contribution in [3.05, 3.63) is 42.1 Å². The van der Waals surface area contributed by atoms with Crippen molar-refractivity contribution in [1.82, 2.24) is 10.3 Å². The van der Waals surface area contributed by atoms with Crippen molar-refractivity contribution in [2.75, 3.05) is 20.3 Å². The van der Waals surface area contributed by atoms with E-state index in [1.807, 2.05) is 12.3 Å². The summed E-state index contributed by atoms with van der Waals surface area (Å²) >= 11 is 0. The van der Waals surface area contributed by atoms with Crippen molar-refractivity contribution in [3.63, 3.8) is 0 Å². The average Bonchev–Trinajstić information content (AvgIpc) is 2.51. The summed E-state index contributed by atoms with van der Waals surface area (Å²) in [7, 11) is 1.77. The number of ether oxygens (including phenoxy) is 1. The fourth-order valence-electron chi connectivity index (χ4n) is 2.71. The zero-order chi connectivity index (χ0) is 15.1. The van der Waals surface area contributed by atoms with E-state index in [0.717, 1.165) is 31.5 Å². The molecule has 0 amide bonds. The van der Waals surface area contributed by atoms with Crippen LogP contribution >= 0.6 is 0 Å². The Morgan fingerprint density at radius 1 is 1.29 bits per heavy atom. The molecule has 0 bridgehead atoms. The van der Waals surface area contributed by atoms with Crippen molar-refractivity contribution in [3.8, 4) is 0 Å². The molecular weight excluding hydrogens is 260 g/mol. The van der Waals surface area contributed by atoms with Crippen LogP contribution in [0.1, 0.15) is 38.3 Å². The smallest absolute Gasteiger partial charge is 0.0705 e. The maximum atomic E-state index is 5.27. The zero-order valence-electron chi connectivity index (χ0n) is 13.3. The number of pyridine rings is 1. The van der Waals surface area contributed by atoms with Crippen LogP contribution in [0.5, 0.6) is 0 Å². The van der Waals surface area contributed by atoms with Crippen LogP contribution in [0.3, 0.4) is 0 Å². The van der Waals surface area contributed by atoms with Gasteiger partial charge in [0.25, 0.3) is 0 Å². The number of rotatable bonds is 8. The van der Waals surface area contributed by atoms with Crippen LogP contribution in [0, 0.1) is 5.92 Å². The highest BCUT2D eigenvalue weighted by atomic mass is 16.5. The highest BCUT2D eigenvalue weighted by Gasteiger charge is 2.15. The van der Waals surface area contributed by atoms with E-state index in [9.17, 15) is 0 Å². The molecule has 2 rings (SSSR count). The van der Waals surface area contributed by atoms with Gasteiger partial charge in [-0.2, -0.15) is 0 Å². The lowest BCUT2D eigenvalue weighted by molar-refractivity contribution is 0.149. The molecule has 1 aromatic carbocycles. The molecule has 1 heterocycles. The van der Waals surface area contributed by atoms with Gasteiger partial charge in [-0.15, -0.1) is 0 Å². The first-order chi connectivity index (χ1) is 10.2. The number of benzene rings is 1. The van der Waals surface area contributed by atoms with Crippen molar-refractivity contribution in [2.45, 2.75) is 32.7 Å². The van der Waals surface area contributed by atoms with E-state index in [0.29, 0.717) is 12.0 Å². The molecule has 1 aromatic heterocycles. The third-order valence-corrected chi connectivity index (χ3v) is 3.76. The molecule has 3 heteroatoms. The fourth-order valence-corrected chi connectivity index (χ4v) is 2.71. The van der Waals surface area contributed by atoms with E-state index < -0.39 is 0 Å². The van der Waals surface area contributed by atoms with Crippen molar-refractivity contribution in [2.24, 2.45) is 5.92 Å². The fraction of sp³-hybridized carbons (Fsp3) is 0.500. The standard InChI is InChI=1S/C18H26N2O/c1-4-9-19-17(11-14(2)13-21-3)16-8-7-15-6-5-10-20-18(15)12-16/h5-8,10,12,14,17,19H,4,9,11,13H2,1-3H3. The van der Waals surface area contributed by atoms with Gasteiger partial charge >= 0.3 is 0 Å². The maximum absolute atomic E-state index is 5.27. The van der Waals surface area contributed by atoms with Crippen LogP contribution in [-0.2, 0) is 4.74 Å². The minimum atomic E-state index is 0.363. The van der Waals surface area contributed by atoms with Crippen LogP contribution in [0.15, 0.2) is 36.5 Å². The van der Waals surface area contributed by atoms with Gasteiger partial charge in [-0.05, 0) is 43.0 Å². The lowest BCUT2D eigenvalue weighted by Gasteiger charge is -2.22. The molecule has 2 atom stereocenters. The van der Waals surface area contributed by atoms with Gasteiger partial charge in [-0.25, -0.2) is 0 Å². The van der Waals surface area contributed by atoms with Crippen molar-refractivity contribution < 1.29 is 4.74 Å². The highest BCUT2D eigenvalue weighted by Crippen LogP contribution is 2.24. The van der Waals surface area contributed by atoms with E-state index in [1.165, 1.54) is 10.9 Å². The third kappa shape index (κ3) is 4.51. The highest BCUT2D eigenvalue weighted by molar-refractivity contribution is 5.78. The molecule has 0 aliphatic carbocycles. The Bertz CT molecular complexity index is 556. The molecule has 0 aliphatic heterocycles. The normalized spacial score (nSPS) is 14.2. The first-order valence-corrected chi connectivity index (χ1v) is 7.81. The molecule has 21 heavy (non-hydrogen) atoms. The number of hydrogen-bond donors (Lipinski definition) is 1. The molecule has 0 radical (unpaired) electrons. The predicted octanol–water partition coefficient (Wildman–Crippen LogP) is 3.95. The number of nitrogens with one attached hydrogen (secondary N) is 1. The Balaban J connectivity index is 2.20.